The molecule has 0 atom stereocenters. The van der Waals surface area contributed by atoms with E-state index in [2.05, 4.69) is 0 Å². The van der Waals surface area contributed by atoms with E-state index in [0.29, 0.717) is 4.90 Å². The fraction of sp³-hybridized carbons (Fsp3) is 0.385. The molecule has 0 unspecified atom stereocenters. The molecule has 1 aliphatic heterocycles. The number of hydrogen-bond acceptors (Lipinski definition) is 2. The van der Waals surface area contributed by atoms with Crippen molar-refractivity contribution in [2.75, 3.05) is 11.4 Å². The summed E-state index contributed by atoms with van der Waals surface area (Å²) in [6.07, 6.45) is -3.01. The molecule has 0 N–H and O–H groups in total. The molecule has 1 saturated heterocycles. The van der Waals surface area contributed by atoms with E-state index >= 15 is 0 Å². The van der Waals surface area contributed by atoms with Crippen molar-refractivity contribution in [2.24, 2.45) is 0 Å². The average molecular weight is 284 g/mol. The molecular formula is C13H11F3N2O2. The van der Waals surface area contributed by atoms with Gasteiger partial charge in [0.25, 0.3) is 5.91 Å². The second-order valence-corrected chi connectivity index (χ2v) is 4.89. The van der Waals surface area contributed by atoms with Crippen molar-refractivity contribution in [3.8, 4) is 0 Å². The second-order valence-electron chi connectivity index (χ2n) is 4.89. The van der Waals surface area contributed by atoms with Crippen molar-refractivity contribution < 1.29 is 22.8 Å². The summed E-state index contributed by atoms with van der Waals surface area (Å²) in [5, 5.41) is 0. The summed E-state index contributed by atoms with van der Waals surface area (Å²) in [7, 11) is 0. The highest BCUT2D eigenvalue weighted by atomic mass is 19.4. The molecule has 7 heteroatoms. The summed E-state index contributed by atoms with van der Waals surface area (Å²) >= 11 is 0. The van der Waals surface area contributed by atoms with Crippen LogP contribution in [0.15, 0.2) is 24.3 Å². The number of urea groups is 1. The highest BCUT2D eigenvalue weighted by Gasteiger charge is 2.46. The molecule has 1 aliphatic carbocycles. The second kappa shape index (κ2) is 4.22. The quantitative estimate of drug-likeness (QED) is 0.783. The minimum Gasteiger partial charge on any atom is -0.312 e. The maximum atomic E-state index is 13.0. The lowest BCUT2D eigenvalue weighted by atomic mass is 10.1. The maximum Gasteiger partial charge on any atom is 0.418 e. The van der Waals surface area contributed by atoms with Crippen molar-refractivity contribution in [3.63, 3.8) is 0 Å². The Balaban J connectivity index is 2.01. The first-order valence-electron chi connectivity index (χ1n) is 6.19. The molecule has 1 heterocycles. The summed E-state index contributed by atoms with van der Waals surface area (Å²) in [5.41, 5.74) is -1.36. The van der Waals surface area contributed by atoms with Gasteiger partial charge in [0.15, 0.2) is 0 Å². The molecule has 0 radical (unpaired) electrons. The molecule has 0 bridgehead atoms. The molecule has 3 rings (SSSR count). The van der Waals surface area contributed by atoms with Gasteiger partial charge in [0.05, 0.1) is 11.3 Å². The molecule has 2 fully saturated rings. The van der Waals surface area contributed by atoms with Crippen LogP contribution in [0.5, 0.6) is 0 Å². The summed E-state index contributed by atoms with van der Waals surface area (Å²) < 4.78 is 38.9. The van der Waals surface area contributed by atoms with E-state index in [0.717, 1.165) is 25.0 Å². The van der Waals surface area contributed by atoms with E-state index in [1.807, 2.05) is 0 Å². The van der Waals surface area contributed by atoms with Crippen LogP contribution in [-0.2, 0) is 11.0 Å². The molecule has 20 heavy (non-hydrogen) atoms. The van der Waals surface area contributed by atoms with E-state index in [1.165, 1.54) is 17.0 Å². The van der Waals surface area contributed by atoms with Gasteiger partial charge in [-0.2, -0.15) is 13.2 Å². The van der Waals surface area contributed by atoms with Gasteiger partial charge in [-0.1, -0.05) is 12.1 Å². The van der Waals surface area contributed by atoms with Gasteiger partial charge in [0.2, 0.25) is 0 Å². The Kier molecular flexibility index (Phi) is 2.74. The number of alkyl halides is 3. The predicted octanol–water partition coefficient (Wildman–Crippen LogP) is 2.64. The van der Waals surface area contributed by atoms with Gasteiger partial charge < -0.3 is 4.90 Å². The van der Waals surface area contributed by atoms with Crippen LogP contribution in [0.25, 0.3) is 0 Å². The van der Waals surface area contributed by atoms with Gasteiger partial charge in [-0.05, 0) is 25.0 Å². The van der Waals surface area contributed by atoms with E-state index in [-0.39, 0.29) is 12.6 Å². The minimum atomic E-state index is -4.61. The smallest absolute Gasteiger partial charge is 0.312 e. The van der Waals surface area contributed by atoms with Crippen molar-refractivity contribution in [1.29, 1.82) is 0 Å². The standard InChI is InChI=1S/C13H11F3N2O2/c14-13(15,16)9-3-1-2-4-10(9)18-11(19)7-17(12(18)20)8-5-6-8/h1-4,8H,5-7H2. The first-order chi connectivity index (χ1) is 9.39. The molecular weight excluding hydrogens is 273 g/mol. The molecule has 106 valence electrons. The van der Waals surface area contributed by atoms with Crippen LogP contribution in [0.3, 0.4) is 0 Å². The van der Waals surface area contributed by atoms with Crippen LogP contribution >= 0.6 is 0 Å². The van der Waals surface area contributed by atoms with Gasteiger partial charge in [0, 0.05) is 6.04 Å². The van der Waals surface area contributed by atoms with Gasteiger partial charge in [0.1, 0.15) is 6.54 Å². The predicted molar refractivity (Wildman–Crippen MR) is 64.1 cm³/mol. The Morgan fingerprint density at radius 1 is 1.10 bits per heavy atom. The van der Waals surface area contributed by atoms with Crippen molar-refractivity contribution >= 4 is 17.6 Å². The van der Waals surface area contributed by atoms with E-state index in [1.54, 1.807) is 0 Å². The third kappa shape index (κ3) is 2.03. The van der Waals surface area contributed by atoms with Gasteiger partial charge in [-0.3, -0.25) is 4.79 Å². The normalized spacial score (nSPS) is 19.9. The average Bonchev–Trinajstić information content (AvgIpc) is 3.15. The number of halogens is 3. The Hall–Kier alpha value is -2.05. The number of nitrogens with zero attached hydrogens (tertiary/aromatic N) is 2. The SMILES string of the molecule is O=C1CN(C2CC2)C(=O)N1c1ccccc1C(F)(F)F. The zero-order chi connectivity index (χ0) is 14.5. The number of anilines is 1. The van der Waals surface area contributed by atoms with Crippen molar-refractivity contribution in [3.05, 3.63) is 29.8 Å². The topological polar surface area (TPSA) is 40.6 Å². The molecule has 1 aromatic carbocycles. The Morgan fingerprint density at radius 2 is 1.75 bits per heavy atom. The largest absolute Gasteiger partial charge is 0.418 e. The minimum absolute atomic E-state index is 0.00509. The number of hydrogen-bond donors (Lipinski definition) is 0. The summed E-state index contributed by atoms with van der Waals surface area (Å²) in [4.78, 5) is 26.0. The third-order valence-electron chi connectivity index (χ3n) is 3.43. The van der Waals surface area contributed by atoms with Crippen LogP contribution < -0.4 is 4.90 Å². The first kappa shape index (κ1) is 13.0. The Bertz CT molecular complexity index is 581. The summed E-state index contributed by atoms with van der Waals surface area (Å²) in [6.45, 7) is -0.143. The molecule has 0 aromatic heterocycles. The number of imide groups is 1. The van der Waals surface area contributed by atoms with Crippen LogP contribution in [0.4, 0.5) is 23.7 Å². The van der Waals surface area contributed by atoms with Crippen molar-refractivity contribution in [2.45, 2.75) is 25.1 Å². The zero-order valence-electron chi connectivity index (χ0n) is 10.4. The fourth-order valence-electron chi connectivity index (χ4n) is 2.34. The van der Waals surface area contributed by atoms with Crippen LogP contribution in [-0.4, -0.2) is 29.4 Å². The summed E-state index contributed by atoms with van der Waals surface area (Å²) in [5.74, 6) is -0.612. The number of benzene rings is 1. The van der Waals surface area contributed by atoms with Crippen LogP contribution in [0.1, 0.15) is 18.4 Å². The van der Waals surface area contributed by atoms with Gasteiger partial charge in [-0.25, -0.2) is 9.69 Å². The number of carbonyl (C=O) groups is 2. The van der Waals surface area contributed by atoms with E-state index < -0.39 is 29.4 Å². The van der Waals surface area contributed by atoms with Crippen LogP contribution in [0, 0.1) is 0 Å². The van der Waals surface area contributed by atoms with Gasteiger partial charge >= 0.3 is 12.2 Å². The highest BCUT2D eigenvalue weighted by molar-refractivity contribution is 6.20. The highest BCUT2D eigenvalue weighted by Crippen LogP contribution is 2.39. The molecule has 1 saturated carbocycles. The number of para-hydroxylation sites is 1. The molecule has 4 nitrogen and oxygen atoms in total. The molecule has 1 aromatic rings. The molecule has 2 aliphatic rings. The van der Waals surface area contributed by atoms with Crippen molar-refractivity contribution in [1.82, 2.24) is 4.90 Å². The molecule has 0 spiro atoms. The van der Waals surface area contributed by atoms with E-state index in [4.69, 9.17) is 0 Å². The van der Waals surface area contributed by atoms with Gasteiger partial charge in [-0.15, -0.1) is 0 Å². The zero-order valence-corrected chi connectivity index (χ0v) is 10.4. The molecule has 3 amide bonds. The lowest BCUT2D eigenvalue weighted by Gasteiger charge is -2.20. The number of rotatable bonds is 2. The maximum absolute atomic E-state index is 13.0. The fourth-order valence-corrected chi connectivity index (χ4v) is 2.34. The first-order valence-corrected chi connectivity index (χ1v) is 6.19. The lowest BCUT2D eigenvalue weighted by molar-refractivity contribution is -0.137. The van der Waals surface area contributed by atoms with Crippen LogP contribution in [0.2, 0.25) is 0 Å². The summed E-state index contributed by atoms with van der Waals surface area (Å²) in [6, 6.07) is 3.97. The third-order valence-corrected chi connectivity index (χ3v) is 3.43. The Labute approximate surface area is 112 Å². The monoisotopic (exact) mass is 284 g/mol. The lowest BCUT2D eigenvalue weighted by Crippen LogP contribution is -2.35. The number of carbonyl (C=O) groups excluding carboxylic acids is 2. The Morgan fingerprint density at radius 3 is 2.35 bits per heavy atom. The van der Waals surface area contributed by atoms with E-state index in [9.17, 15) is 22.8 Å². The number of amides is 3.